The largest absolute Gasteiger partial charge is 0.481 e. The molecule has 0 unspecified atom stereocenters. The highest BCUT2D eigenvalue weighted by atomic mass is 16.4. The lowest BCUT2D eigenvalue weighted by molar-refractivity contribution is -0.143. The third kappa shape index (κ3) is 24.0. The average molecular weight is 903 g/mol. The zero-order chi connectivity index (χ0) is 48.6. The van der Waals surface area contributed by atoms with Crippen LogP contribution in [-0.4, -0.2) is 153 Å². The van der Waals surface area contributed by atoms with Crippen LogP contribution in [-0.2, 0) is 43.2 Å². The minimum absolute atomic E-state index is 0.00465. The van der Waals surface area contributed by atoms with E-state index in [0.29, 0.717) is 0 Å². The molecule has 0 radical (unpaired) electrons. The molecule has 0 rings (SSSR count). The number of carbonyl (C=O) groups excluding carboxylic acids is 7. The van der Waals surface area contributed by atoms with Crippen LogP contribution in [0.15, 0.2) is 9.98 Å². The number of guanidine groups is 2. The number of carbonyl (C=O) groups is 9. The number of hydrogen-bond donors (Lipinski definition) is 16. The molecule has 0 spiro atoms. The molecule has 0 saturated carbocycles. The summed E-state index contributed by atoms with van der Waals surface area (Å²) >= 11 is 0. The average Bonchev–Trinajstić information content (AvgIpc) is 3.17. The summed E-state index contributed by atoms with van der Waals surface area (Å²) in [5.74, 6) is -10.7. The smallest absolute Gasteiger partial charge is 0.326 e. The van der Waals surface area contributed by atoms with Gasteiger partial charge in [-0.15, -0.1) is 0 Å². The van der Waals surface area contributed by atoms with Gasteiger partial charge in [-0.3, -0.25) is 48.3 Å². The topological polar surface area (TPSA) is 488 Å². The number of nitrogens with one attached hydrogen (secondary N) is 6. The van der Waals surface area contributed by atoms with Crippen molar-refractivity contribution in [3.63, 3.8) is 0 Å². The number of rotatable bonds is 31. The van der Waals surface area contributed by atoms with E-state index in [0.717, 1.165) is 6.92 Å². The van der Waals surface area contributed by atoms with E-state index in [-0.39, 0.29) is 63.0 Å². The van der Waals surface area contributed by atoms with Crippen molar-refractivity contribution in [2.75, 3.05) is 13.1 Å². The second-order valence-corrected chi connectivity index (χ2v) is 15.1. The molecule has 0 bridgehead atoms. The van der Waals surface area contributed by atoms with Gasteiger partial charge in [-0.1, -0.05) is 13.8 Å². The lowest BCUT2D eigenvalue weighted by Gasteiger charge is -2.28. The van der Waals surface area contributed by atoms with Gasteiger partial charge in [0.15, 0.2) is 11.9 Å². The Morgan fingerprint density at radius 3 is 1.25 bits per heavy atom. The first-order chi connectivity index (χ1) is 29.3. The molecule has 0 aliphatic rings. The van der Waals surface area contributed by atoms with Crippen LogP contribution in [0.25, 0.3) is 0 Å². The van der Waals surface area contributed by atoms with Crippen LogP contribution in [0.3, 0.4) is 0 Å². The molecule has 358 valence electrons. The second-order valence-electron chi connectivity index (χ2n) is 15.1. The Morgan fingerprint density at radius 1 is 0.508 bits per heavy atom. The molecule has 7 amide bonds. The number of amides is 7. The van der Waals surface area contributed by atoms with Gasteiger partial charge in [-0.25, -0.2) is 4.79 Å². The van der Waals surface area contributed by atoms with Gasteiger partial charge < -0.3 is 86.7 Å². The number of nitrogens with zero attached hydrogens (tertiary/aromatic N) is 2. The Labute approximate surface area is 363 Å². The highest BCUT2D eigenvalue weighted by Crippen LogP contribution is 2.10. The van der Waals surface area contributed by atoms with E-state index in [1.807, 2.05) is 0 Å². The first kappa shape index (κ1) is 56.6. The Hall–Kier alpha value is -6.35. The highest BCUT2D eigenvalue weighted by Gasteiger charge is 2.35. The van der Waals surface area contributed by atoms with Gasteiger partial charge in [0, 0.05) is 25.9 Å². The van der Waals surface area contributed by atoms with E-state index in [2.05, 4.69) is 41.9 Å². The summed E-state index contributed by atoms with van der Waals surface area (Å²) in [7, 11) is 0. The zero-order valence-electron chi connectivity index (χ0n) is 35.9. The summed E-state index contributed by atoms with van der Waals surface area (Å²) in [6.07, 6.45) is -5.29. The van der Waals surface area contributed by atoms with Crippen molar-refractivity contribution in [3.05, 3.63) is 0 Å². The standard InChI is InChI=1S/C36H66N14O13/c1-16(2)15-23(34(62)63)49-30(58)21(9-11-24(37)53)48-33(61)27(18(4)52)50-31(59)22(10-12-25(54)55)46-28(56)19(7-5-13-43-35(39)40)45-29(57)20(8-6-14-44-36(41)42)47-32(60)26(38)17(3)51/h16-23,26-27,51-52H,5-15,38H2,1-4H3,(H2,37,53)(H,45,57)(H,46,56)(H,47,60)(H,48,61)(H,49,58)(H,50,59)(H,54,55)(H,62,63)(H4,39,40,43)(H4,41,42,44)/t17-,18-,19+,20+,21+,22+,23+,26+,27+/m1/s1. The monoisotopic (exact) mass is 902 g/mol. The molecule has 0 aromatic carbocycles. The number of aliphatic carboxylic acids is 2. The van der Waals surface area contributed by atoms with Crippen LogP contribution in [0, 0.1) is 5.92 Å². The van der Waals surface area contributed by atoms with E-state index in [4.69, 9.17) is 34.4 Å². The van der Waals surface area contributed by atoms with Crippen molar-refractivity contribution in [3.8, 4) is 0 Å². The predicted octanol–water partition coefficient (Wildman–Crippen LogP) is -6.65. The molecule has 0 aromatic heterocycles. The van der Waals surface area contributed by atoms with Gasteiger partial charge in [0.1, 0.15) is 42.3 Å². The van der Waals surface area contributed by atoms with Crippen LogP contribution in [0.4, 0.5) is 0 Å². The molecular weight excluding hydrogens is 836 g/mol. The fourth-order valence-corrected chi connectivity index (χ4v) is 5.55. The van der Waals surface area contributed by atoms with Crippen molar-refractivity contribution < 1.29 is 63.6 Å². The highest BCUT2D eigenvalue weighted by molar-refractivity contribution is 5.97. The van der Waals surface area contributed by atoms with Gasteiger partial charge in [0.2, 0.25) is 41.4 Å². The van der Waals surface area contributed by atoms with E-state index < -0.39 is 133 Å². The van der Waals surface area contributed by atoms with Crippen LogP contribution in [0.1, 0.15) is 85.5 Å². The minimum Gasteiger partial charge on any atom is -0.481 e. The molecular formula is C36H66N14O13. The third-order valence-corrected chi connectivity index (χ3v) is 8.96. The number of primary amides is 1. The van der Waals surface area contributed by atoms with Crippen LogP contribution < -0.4 is 66.3 Å². The van der Waals surface area contributed by atoms with E-state index in [1.54, 1.807) is 13.8 Å². The lowest BCUT2D eigenvalue weighted by Crippen LogP contribution is -2.61. The number of nitrogens with two attached hydrogens (primary N) is 6. The van der Waals surface area contributed by atoms with Crippen molar-refractivity contribution in [1.29, 1.82) is 0 Å². The van der Waals surface area contributed by atoms with Crippen LogP contribution >= 0.6 is 0 Å². The van der Waals surface area contributed by atoms with Crippen LogP contribution in [0.5, 0.6) is 0 Å². The van der Waals surface area contributed by atoms with Crippen molar-refractivity contribution in [1.82, 2.24) is 31.9 Å². The van der Waals surface area contributed by atoms with E-state index >= 15 is 0 Å². The Balaban J connectivity index is 6.66. The molecule has 0 saturated heterocycles. The van der Waals surface area contributed by atoms with Gasteiger partial charge >= 0.3 is 11.9 Å². The quantitative estimate of drug-likeness (QED) is 0.0175. The maximum absolute atomic E-state index is 13.9. The van der Waals surface area contributed by atoms with E-state index in [1.165, 1.54) is 6.92 Å². The maximum Gasteiger partial charge on any atom is 0.326 e. The van der Waals surface area contributed by atoms with Crippen molar-refractivity contribution in [2.24, 2.45) is 50.3 Å². The van der Waals surface area contributed by atoms with Crippen molar-refractivity contribution >= 4 is 65.2 Å². The molecule has 22 N–H and O–H groups in total. The Kier molecular flexibility index (Phi) is 26.1. The number of aliphatic imine (C=N–C) groups is 2. The predicted molar refractivity (Wildman–Crippen MR) is 225 cm³/mol. The molecule has 0 aliphatic carbocycles. The minimum atomic E-state index is -1.89. The third-order valence-electron chi connectivity index (χ3n) is 8.96. The van der Waals surface area contributed by atoms with E-state index in [9.17, 15) is 63.6 Å². The normalized spacial score (nSPS) is 15.2. The molecule has 27 heteroatoms. The molecule has 0 aromatic rings. The maximum atomic E-state index is 13.9. The molecule has 0 aliphatic heterocycles. The van der Waals surface area contributed by atoms with Gasteiger partial charge in [0.25, 0.3) is 0 Å². The number of hydrogen-bond acceptors (Lipinski definition) is 14. The number of carboxylic acid groups (broad SMARTS) is 2. The number of aliphatic hydroxyl groups is 2. The number of aliphatic hydroxyl groups excluding tert-OH is 2. The van der Waals surface area contributed by atoms with Gasteiger partial charge in [0.05, 0.1) is 12.2 Å². The lowest BCUT2D eigenvalue weighted by atomic mass is 10.0. The number of carboxylic acids is 2. The molecule has 9 atom stereocenters. The van der Waals surface area contributed by atoms with Gasteiger partial charge in [-0.05, 0) is 64.7 Å². The summed E-state index contributed by atoms with van der Waals surface area (Å²) in [6.45, 7) is 5.74. The summed E-state index contributed by atoms with van der Waals surface area (Å²) in [5.41, 5.74) is 32.5. The summed E-state index contributed by atoms with van der Waals surface area (Å²) in [5, 5.41) is 53.4. The second kappa shape index (κ2) is 29.0. The SMILES string of the molecule is CC(C)C[C@H](NC(=O)[C@H](CCC(N)=O)NC(=O)[C@@H](NC(=O)[C@H](CCC(=O)O)NC(=O)[C@H](CCCN=C(N)N)NC(=O)[C@H](CCCN=C(N)N)NC(=O)[C@@H](N)[C@@H](C)O)[C@@H](C)O)C(=O)O. The zero-order valence-corrected chi connectivity index (χ0v) is 35.9. The van der Waals surface area contributed by atoms with Crippen molar-refractivity contribution in [2.45, 2.75) is 140 Å². The van der Waals surface area contributed by atoms with Crippen LogP contribution in [0.2, 0.25) is 0 Å². The Morgan fingerprint density at radius 2 is 0.889 bits per heavy atom. The summed E-state index contributed by atoms with van der Waals surface area (Å²) in [6, 6.07) is -10.9. The van der Waals surface area contributed by atoms with Gasteiger partial charge in [-0.2, -0.15) is 0 Å². The molecule has 63 heavy (non-hydrogen) atoms. The Bertz CT molecular complexity index is 1630. The molecule has 0 fully saturated rings. The molecule has 0 heterocycles. The summed E-state index contributed by atoms with van der Waals surface area (Å²) in [4.78, 5) is 123. The summed E-state index contributed by atoms with van der Waals surface area (Å²) < 4.78 is 0. The fourth-order valence-electron chi connectivity index (χ4n) is 5.55. The molecule has 27 nitrogen and oxygen atoms in total. The first-order valence-electron chi connectivity index (χ1n) is 20.0. The first-order valence-corrected chi connectivity index (χ1v) is 20.0. The fraction of sp³-hybridized carbons (Fsp3) is 0.694.